The van der Waals surface area contributed by atoms with Gasteiger partial charge in [0.05, 0.1) is 11.7 Å². The number of nitrogens with two attached hydrogens (primary N) is 1. The fourth-order valence-electron chi connectivity index (χ4n) is 2.54. The van der Waals surface area contributed by atoms with Gasteiger partial charge in [-0.2, -0.15) is 0 Å². The van der Waals surface area contributed by atoms with E-state index in [0.717, 1.165) is 16.8 Å². The summed E-state index contributed by atoms with van der Waals surface area (Å²) in [5.74, 6) is -0.291. The van der Waals surface area contributed by atoms with Gasteiger partial charge in [-0.25, -0.2) is 9.07 Å². The van der Waals surface area contributed by atoms with Crippen LogP contribution in [-0.4, -0.2) is 15.0 Å². The summed E-state index contributed by atoms with van der Waals surface area (Å²) >= 11 is 0. The molecule has 112 valence electrons. The molecule has 0 saturated carbocycles. The number of benzene rings is 2. The number of nitrogens with zero attached hydrogens (tertiary/aromatic N) is 3. The fraction of sp³-hybridized carbons (Fsp3) is 0.176. The summed E-state index contributed by atoms with van der Waals surface area (Å²) in [6.45, 7) is 2.29. The number of halogens is 1. The maximum Gasteiger partial charge on any atom is 0.123 e. The van der Waals surface area contributed by atoms with E-state index in [2.05, 4.69) is 10.3 Å². The lowest BCUT2D eigenvalue weighted by molar-refractivity contribution is 0.548. The minimum atomic E-state index is -0.291. The molecule has 1 aromatic heterocycles. The van der Waals surface area contributed by atoms with Crippen molar-refractivity contribution in [3.05, 3.63) is 71.7 Å². The monoisotopic (exact) mass is 296 g/mol. The van der Waals surface area contributed by atoms with Gasteiger partial charge in [0.1, 0.15) is 11.5 Å². The third-order valence-electron chi connectivity index (χ3n) is 3.70. The summed E-state index contributed by atoms with van der Waals surface area (Å²) in [6, 6.07) is 16.4. The maximum atomic E-state index is 13.6. The zero-order valence-corrected chi connectivity index (χ0v) is 12.3. The Balaban J connectivity index is 2.12. The highest BCUT2D eigenvalue weighted by molar-refractivity contribution is 5.62. The van der Waals surface area contributed by atoms with Gasteiger partial charge in [0.25, 0.3) is 0 Å². The molecular formula is C17H17FN4. The van der Waals surface area contributed by atoms with Gasteiger partial charge >= 0.3 is 0 Å². The summed E-state index contributed by atoms with van der Waals surface area (Å²) in [5, 5.41) is 8.39. The molecule has 0 aliphatic heterocycles. The molecule has 3 rings (SSSR count). The van der Waals surface area contributed by atoms with Gasteiger partial charge in [0, 0.05) is 12.1 Å². The molecular weight excluding hydrogens is 279 g/mol. The molecule has 1 unspecified atom stereocenters. The van der Waals surface area contributed by atoms with E-state index in [1.807, 2.05) is 43.3 Å². The Hall–Kier alpha value is -2.53. The van der Waals surface area contributed by atoms with Gasteiger partial charge in [-0.3, -0.25) is 0 Å². The Morgan fingerprint density at radius 3 is 2.59 bits per heavy atom. The summed E-state index contributed by atoms with van der Waals surface area (Å²) in [4.78, 5) is 0. The number of rotatable bonds is 4. The minimum Gasteiger partial charge on any atom is -0.325 e. The first-order valence-corrected chi connectivity index (χ1v) is 7.15. The Bertz CT molecular complexity index is 767. The molecule has 4 nitrogen and oxygen atoms in total. The maximum absolute atomic E-state index is 13.6. The van der Waals surface area contributed by atoms with Gasteiger partial charge in [-0.05, 0) is 24.6 Å². The molecule has 0 aliphatic carbocycles. The topological polar surface area (TPSA) is 56.7 Å². The second-order valence-electron chi connectivity index (χ2n) is 5.13. The van der Waals surface area contributed by atoms with Gasteiger partial charge in [0.15, 0.2) is 0 Å². The Labute approximate surface area is 128 Å². The van der Waals surface area contributed by atoms with Crippen molar-refractivity contribution in [2.24, 2.45) is 5.73 Å². The first kappa shape index (κ1) is 14.4. The smallest absolute Gasteiger partial charge is 0.123 e. The molecule has 1 atom stereocenters. The van der Waals surface area contributed by atoms with Crippen molar-refractivity contribution in [1.82, 2.24) is 15.0 Å². The highest BCUT2D eigenvalue weighted by Crippen LogP contribution is 2.28. The number of aromatic nitrogens is 3. The molecule has 3 aromatic rings. The molecule has 0 fully saturated rings. The minimum absolute atomic E-state index is 0.0210. The molecule has 0 saturated heterocycles. The van der Waals surface area contributed by atoms with Crippen LogP contribution < -0.4 is 5.73 Å². The van der Waals surface area contributed by atoms with E-state index in [1.165, 1.54) is 12.1 Å². The lowest BCUT2D eigenvalue weighted by atomic mass is 10.1. The van der Waals surface area contributed by atoms with E-state index in [9.17, 15) is 4.39 Å². The van der Waals surface area contributed by atoms with Crippen molar-refractivity contribution in [1.29, 1.82) is 0 Å². The van der Waals surface area contributed by atoms with E-state index in [-0.39, 0.29) is 18.4 Å². The van der Waals surface area contributed by atoms with Crippen molar-refractivity contribution < 1.29 is 4.39 Å². The van der Waals surface area contributed by atoms with Gasteiger partial charge in [0.2, 0.25) is 0 Å². The lowest BCUT2D eigenvalue weighted by Gasteiger charge is -2.16. The molecule has 2 N–H and O–H groups in total. The normalized spacial score (nSPS) is 12.3. The quantitative estimate of drug-likeness (QED) is 0.804. The first-order valence-electron chi connectivity index (χ1n) is 7.15. The zero-order chi connectivity index (χ0) is 15.5. The van der Waals surface area contributed by atoms with E-state index in [1.54, 1.807) is 10.7 Å². The van der Waals surface area contributed by atoms with Crippen LogP contribution in [-0.2, 0) is 6.54 Å². The van der Waals surface area contributed by atoms with Crippen molar-refractivity contribution in [2.75, 3.05) is 0 Å². The Morgan fingerprint density at radius 1 is 1.14 bits per heavy atom. The summed E-state index contributed by atoms with van der Waals surface area (Å²) < 4.78 is 15.4. The summed E-state index contributed by atoms with van der Waals surface area (Å²) in [5.41, 5.74) is 9.03. The van der Waals surface area contributed by atoms with Crippen LogP contribution in [0.25, 0.3) is 11.3 Å². The molecule has 0 bridgehead atoms. The average molecular weight is 296 g/mol. The second kappa shape index (κ2) is 6.07. The van der Waals surface area contributed by atoms with Crippen LogP contribution >= 0.6 is 0 Å². The molecule has 0 spiro atoms. The van der Waals surface area contributed by atoms with E-state index >= 15 is 0 Å². The van der Waals surface area contributed by atoms with Gasteiger partial charge in [-0.1, -0.05) is 47.7 Å². The molecule has 5 heteroatoms. The average Bonchev–Trinajstić information content (AvgIpc) is 2.99. The molecule has 0 aliphatic rings. The number of hydrogen-bond acceptors (Lipinski definition) is 3. The van der Waals surface area contributed by atoms with E-state index < -0.39 is 0 Å². The molecule has 1 heterocycles. The van der Waals surface area contributed by atoms with Crippen molar-refractivity contribution in [2.45, 2.75) is 19.5 Å². The predicted molar refractivity (Wildman–Crippen MR) is 83.6 cm³/mol. The van der Waals surface area contributed by atoms with Crippen LogP contribution in [0, 0.1) is 5.82 Å². The van der Waals surface area contributed by atoms with Gasteiger partial charge in [-0.15, -0.1) is 5.10 Å². The molecule has 22 heavy (non-hydrogen) atoms. The summed E-state index contributed by atoms with van der Waals surface area (Å²) in [6.07, 6.45) is 0. The van der Waals surface area contributed by atoms with Crippen LogP contribution in [0.5, 0.6) is 0 Å². The highest BCUT2D eigenvalue weighted by atomic mass is 19.1. The SMILES string of the molecule is CC(c1ccccc1)n1nnc(CN)c1-c1cccc(F)c1. The number of hydrogen-bond donors (Lipinski definition) is 1. The standard InChI is InChI=1S/C17H17FN4/c1-12(13-6-3-2-4-7-13)22-17(16(11-19)20-21-22)14-8-5-9-15(18)10-14/h2-10,12H,11,19H2,1H3. The molecule has 0 amide bonds. The second-order valence-corrected chi connectivity index (χ2v) is 5.13. The van der Waals surface area contributed by atoms with Crippen LogP contribution in [0.15, 0.2) is 54.6 Å². The largest absolute Gasteiger partial charge is 0.325 e. The highest BCUT2D eigenvalue weighted by Gasteiger charge is 2.19. The van der Waals surface area contributed by atoms with Crippen LogP contribution in [0.2, 0.25) is 0 Å². The molecule has 2 aromatic carbocycles. The van der Waals surface area contributed by atoms with Crippen molar-refractivity contribution >= 4 is 0 Å². The van der Waals surface area contributed by atoms with Gasteiger partial charge < -0.3 is 5.73 Å². The lowest BCUT2D eigenvalue weighted by Crippen LogP contribution is -2.11. The first-order chi connectivity index (χ1) is 10.7. The van der Waals surface area contributed by atoms with Crippen LogP contribution in [0.1, 0.15) is 24.2 Å². The van der Waals surface area contributed by atoms with E-state index in [0.29, 0.717) is 5.69 Å². The Kier molecular flexibility index (Phi) is 3.98. The fourth-order valence-corrected chi connectivity index (χ4v) is 2.54. The predicted octanol–water partition coefficient (Wildman–Crippen LogP) is 3.15. The zero-order valence-electron chi connectivity index (χ0n) is 12.3. The van der Waals surface area contributed by atoms with Crippen molar-refractivity contribution in [3.8, 4) is 11.3 Å². The van der Waals surface area contributed by atoms with Crippen LogP contribution in [0.4, 0.5) is 4.39 Å². The van der Waals surface area contributed by atoms with Crippen LogP contribution in [0.3, 0.4) is 0 Å². The van der Waals surface area contributed by atoms with E-state index in [4.69, 9.17) is 5.73 Å². The third kappa shape index (κ3) is 2.63. The molecule has 0 radical (unpaired) electrons. The Morgan fingerprint density at radius 2 is 1.91 bits per heavy atom. The van der Waals surface area contributed by atoms with Crippen molar-refractivity contribution in [3.63, 3.8) is 0 Å². The third-order valence-corrected chi connectivity index (χ3v) is 3.70. The summed E-state index contributed by atoms with van der Waals surface area (Å²) in [7, 11) is 0.